The van der Waals surface area contributed by atoms with Gasteiger partial charge in [-0.05, 0) is 30.7 Å². The summed E-state index contributed by atoms with van der Waals surface area (Å²) >= 11 is 3.40. The van der Waals surface area contributed by atoms with Crippen LogP contribution in [0.15, 0.2) is 22.7 Å². The van der Waals surface area contributed by atoms with Gasteiger partial charge in [-0.15, -0.1) is 0 Å². The maximum absolute atomic E-state index is 10.8. The molecule has 0 aliphatic rings. The molecule has 0 fully saturated rings. The van der Waals surface area contributed by atoms with Crippen LogP contribution < -0.4 is 4.74 Å². The van der Waals surface area contributed by atoms with Gasteiger partial charge in [-0.2, -0.15) is 0 Å². The summed E-state index contributed by atoms with van der Waals surface area (Å²) in [6, 6.07) is 5.69. The third kappa shape index (κ3) is 3.91. The van der Waals surface area contributed by atoms with Crippen LogP contribution in [0.2, 0.25) is 0 Å². The van der Waals surface area contributed by atoms with Crippen molar-refractivity contribution in [3.05, 3.63) is 28.2 Å². The standard InChI is InChI=1S/C11H13BrO3/c1-8-7-9(3-4-10(8)12)15-6-5-11(13)14-2/h3-4,7H,5-6H2,1-2H3. The first-order chi connectivity index (χ1) is 7.13. The van der Waals surface area contributed by atoms with E-state index in [4.69, 9.17) is 4.74 Å². The normalized spacial score (nSPS) is 9.80. The van der Waals surface area contributed by atoms with E-state index >= 15 is 0 Å². The van der Waals surface area contributed by atoms with Crippen molar-refractivity contribution in [3.63, 3.8) is 0 Å². The molecule has 0 aliphatic heterocycles. The molecule has 0 spiro atoms. The average Bonchev–Trinajstić information content (AvgIpc) is 2.23. The molecule has 1 aromatic rings. The average molecular weight is 273 g/mol. The van der Waals surface area contributed by atoms with Gasteiger partial charge in [0, 0.05) is 4.47 Å². The number of halogens is 1. The number of rotatable bonds is 4. The number of aryl methyl sites for hydroxylation is 1. The van der Waals surface area contributed by atoms with E-state index in [0.717, 1.165) is 15.8 Å². The number of carbonyl (C=O) groups is 1. The molecule has 1 aromatic carbocycles. The van der Waals surface area contributed by atoms with E-state index in [2.05, 4.69) is 20.7 Å². The lowest BCUT2D eigenvalue weighted by Gasteiger charge is -2.06. The maximum Gasteiger partial charge on any atom is 0.308 e. The Hall–Kier alpha value is -1.03. The van der Waals surface area contributed by atoms with E-state index in [0.29, 0.717) is 6.61 Å². The van der Waals surface area contributed by atoms with Gasteiger partial charge in [0.25, 0.3) is 0 Å². The highest BCUT2D eigenvalue weighted by Gasteiger charge is 2.01. The summed E-state index contributed by atoms with van der Waals surface area (Å²) in [5.74, 6) is 0.503. The van der Waals surface area contributed by atoms with Crippen molar-refractivity contribution in [2.45, 2.75) is 13.3 Å². The zero-order valence-corrected chi connectivity index (χ0v) is 10.3. The maximum atomic E-state index is 10.8. The van der Waals surface area contributed by atoms with E-state index in [-0.39, 0.29) is 12.4 Å². The number of hydrogen-bond donors (Lipinski definition) is 0. The van der Waals surface area contributed by atoms with Gasteiger partial charge in [-0.1, -0.05) is 15.9 Å². The molecule has 82 valence electrons. The minimum atomic E-state index is -0.260. The van der Waals surface area contributed by atoms with Crippen LogP contribution in [0.3, 0.4) is 0 Å². The van der Waals surface area contributed by atoms with Gasteiger partial charge in [0.2, 0.25) is 0 Å². The smallest absolute Gasteiger partial charge is 0.308 e. The summed E-state index contributed by atoms with van der Waals surface area (Å²) in [7, 11) is 1.37. The molecule has 4 heteroatoms. The predicted octanol–water partition coefficient (Wildman–Crippen LogP) is 2.70. The fraction of sp³-hybridized carbons (Fsp3) is 0.364. The molecule has 0 aliphatic carbocycles. The highest BCUT2D eigenvalue weighted by Crippen LogP contribution is 2.21. The Kier molecular flexibility index (Phi) is 4.62. The topological polar surface area (TPSA) is 35.5 Å². The Labute approximate surface area is 97.5 Å². The van der Waals surface area contributed by atoms with Crippen LogP contribution in [0.25, 0.3) is 0 Å². The van der Waals surface area contributed by atoms with E-state index in [1.54, 1.807) is 0 Å². The molecule has 0 heterocycles. The molecule has 0 unspecified atom stereocenters. The monoisotopic (exact) mass is 272 g/mol. The van der Waals surface area contributed by atoms with Crippen molar-refractivity contribution < 1.29 is 14.3 Å². The molecule has 0 N–H and O–H groups in total. The molecule has 0 saturated carbocycles. The Morgan fingerprint density at radius 2 is 2.20 bits per heavy atom. The zero-order chi connectivity index (χ0) is 11.3. The van der Waals surface area contributed by atoms with Gasteiger partial charge in [0.05, 0.1) is 20.1 Å². The summed E-state index contributed by atoms with van der Waals surface area (Å²) in [5, 5.41) is 0. The molecule has 3 nitrogen and oxygen atoms in total. The van der Waals surface area contributed by atoms with Gasteiger partial charge in [-0.3, -0.25) is 4.79 Å². The summed E-state index contributed by atoms with van der Waals surface area (Å²) in [6.07, 6.45) is 0.269. The Balaban J connectivity index is 2.44. The lowest BCUT2D eigenvalue weighted by atomic mass is 10.2. The van der Waals surface area contributed by atoms with E-state index in [9.17, 15) is 4.79 Å². The first-order valence-corrected chi connectivity index (χ1v) is 5.38. The summed E-state index contributed by atoms with van der Waals surface area (Å²) in [4.78, 5) is 10.8. The second-order valence-electron chi connectivity index (χ2n) is 3.09. The van der Waals surface area contributed by atoms with Crippen molar-refractivity contribution in [2.75, 3.05) is 13.7 Å². The third-order valence-corrected chi connectivity index (χ3v) is 2.82. The number of benzene rings is 1. The van der Waals surface area contributed by atoms with Crippen LogP contribution in [0, 0.1) is 6.92 Å². The lowest BCUT2D eigenvalue weighted by Crippen LogP contribution is -2.07. The fourth-order valence-corrected chi connectivity index (χ4v) is 1.31. The summed E-state index contributed by atoms with van der Waals surface area (Å²) in [6.45, 7) is 2.32. The fourth-order valence-electron chi connectivity index (χ4n) is 1.06. The summed E-state index contributed by atoms with van der Waals surface area (Å²) in [5.41, 5.74) is 1.10. The van der Waals surface area contributed by atoms with Gasteiger partial charge >= 0.3 is 5.97 Å². The van der Waals surface area contributed by atoms with Crippen LogP contribution in [-0.2, 0) is 9.53 Å². The predicted molar refractivity (Wildman–Crippen MR) is 61.0 cm³/mol. The Morgan fingerprint density at radius 1 is 1.47 bits per heavy atom. The van der Waals surface area contributed by atoms with Crippen molar-refractivity contribution >= 4 is 21.9 Å². The molecular weight excluding hydrogens is 260 g/mol. The van der Waals surface area contributed by atoms with Crippen LogP contribution in [0.1, 0.15) is 12.0 Å². The van der Waals surface area contributed by atoms with E-state index in [1.807, 2.05) is 25.1 Å². The first kappa shape index (κ1) is 12.0. The minimum absolute atomic E-state index is 0.260. The van der Waals surface area contributed by atoms with Crippen molar-refractivity contribution in [1.82, 2.24) is 0 Å². The van der Waals surface area contributed by atoms with Crippen LogP contribution in [0.4, 0.5) is 0 Å². The van der Waals surface area contributed by atoms with Crippen molar-refractivity contribution in [3.8, 4) is 5.75 Å². The highest BCUT2D eigenvalue weighted by molar-refractivity contribution is 9.10. The Bertz CT molecular complexity index is 350. The van der Waals surface area contributed by atoms with Gasteiger partial charge < -0.3 is 9.47 Å². The highest BCUT2D eigenvalue weighted by atomic mass is 79.9. The number of carbonyl (C=O) groups excluding carboxylic acids is 1. The minimum Gasteiger partial charge on any atom is -0.493 e. The lowest BCUT2D eigenvalue weighted by molar-refractivity contribution is -0.141. The number of methoxy groups -OCH3 is 1. The Morgan fingerprint density at radius 3 is 2.80 bits per heavy atom. The third-order valence-electron chi connectivity index (χ3n) is 1.93. The molecule has 15 heavy (non-hydrogen) atoms. The molecule has 0 atom stereocenters. The van der Waals surface area contributed by atoms with Gasteiger partial charge in [0.15, 0.2) is 0 Å². The molecule has 0 amide bonds. The number of ether oxygens (including phenoxy) is 2. The van der Waals surface area contributed by atoms with Crippen molar-refractivity contribution in [2.24, 2.45) is 0 Å². The second-order valence-corrected chi connectivity index (χ2v) is 3.94. The van der Waals surface area contributed by atoms with E-state index in [1.165, 1.54) is 7.11 Å². The van der Waals surface area contributed by atoms with Gasteiger partial charge in [-0.25, -0.2) is 0 Å². The number of esters is 1. The van der Waals surface area contributed by atoms with Crippen LogP contribution in [0.5, 0.6) is 5.75 Å². The van der Waals surface area contributed by atoms with Crippen LogP contribution >= 0.6 is 15.9 Å². The quantitative estimate of drug-likeness (QED) is 0.791. The summed E-state index contributed by atoms with van der Waals surface area (Å²) < 4.78 is 10.9. The van der Waals surface area contributed by atoms with Crippen LogP contribution in [-0.4, -0.2) is 19.7 Å². The largest absolute Gasteiger partial charge is 0.493 e. The molecule has 0 bridgehead atoms. The molecule has 0 aromatic heterocycles. The molecular formula is C11H13BrO3. The molecule has 1 rings (SSSR count). The second kappa shape index (κ2) is 5.75. The van der Waals surface area contributed by atoms with Crippen molar-refractivity contribution in [1.29, 1.82) is 0 Å². The SMILES string of the molecule is COC(=O)CCOc1ccc(Br)c(C)c1. The first-order valence-electron chi connectivity index (χ1n) is 4.59. The molecule has 0 radical (unpaired) electrons. The zero-order valence-electron chi connectivity index (χ0n) is 8.75. The van der Waals surface area contributed by atoms with Gasteiger partial charge in [0.1, 0.15) is 5.75 Å². The molecule has 0 saturated heterocycles. The van der Waals surface area contributed by atoms with E-state index < -0.39 is 0 Å². The number of hydrogen-bond acceptors (Lipinski definition) is 3.